The Hall–Kier alpha value is -2.74. The van der Waals surface area contributed by atoms with Gasteiger partial charge in [0, 0.05) is 31.8 Å². The molecule has 1 N–H and O–H groups in total. The molecule has 0 fully saturated rings. The van der Waals surface area contributed by atoms with Gasteiger partial charge in [-0.2, -0.15) is 0 Å². The first-order chi connectivity index (χ1) is 12.6. The summed E-state index contributed by atoms with van der Waals surface area (Å²) in [5.41, 5.74) is 1.56. The number of nitrogens with one attached hydrogen (secondary N) is 1. The van der Waals surface area contributed by atoms with Crippen molar-refractivity contribution in [2.24, 2.45) is 0 Å². The molecule has 3 aromatic rings. The van der Waals surface area contributed by atoms with Crippen molar-refractivity contribution in [3.63, 3.8) is 0 Å². The molecule has 0 aliphatic carbocycles. The molecular formula is C18H18N4O3S. The predicted octanol–water partition coefficient (Wildman–Crippen LogP) is 2.05. The molecule has 0 unspecified atom stereocenters. The van der Waals surface area contributed by atoms with Crippen molar-refractivity contribution in [2.75, 3.05) is 7.11 Å². The molecular weight excluding hydrogens is 352 g/mol. The second kappa shape index (κ2) is 6.53. The zero-order valence-electron chi connectivity index (χ0n) is 14.5. The number of aromatic nitrogens is 3. The lowest BCUT2D eigenvalue weighted by Crippen LogP contribution is -2.23. The third-order valence-electron chi connectivity index (χ3n) is 4.58. The summed E-state index contributed by atoms with van der Waals surface area (Å²) in [4.78, 5) is 35.2. The van der Waals surface area contributed by atoms with Crippen molar-refractivity contribution in [1.82, 2.24) is 19.9 Å². The van der Waals surface area contributed by atoms with Gasteiger partial charge in [0.05, 0.1) is 17.4 Å². The Morgan fingerprint density at radius 3 is 3.12 bits per heavy atom. The van der Waals surface area contributed by atoms with Crippen LogP contribution in [0.4, 0.5) is 0 Å². The lowest BCUT2D eigenvalue weighted by molar-refractivity contribution is 0.0954. The summed E-state index contributed by atoms with van der Waals surface area (Å²) in [7, 11) is 1.55. The molecule has 0 spiro atoms. The number of hydrogen-bond acceptors (Lipinski definition) is 6. The van der Waals surface area contributed by atoms with E-state index >= 15 is 0 Å². The van der Waals surface area contributed by atoms with Gasteiger partial charge in [-0.25, -0.2) is 9.97 Å². The number of ether oxygens (including phenoxy) is 1. The standard InChI is InChI=1S/C18H18N4O3S/c1-10-14-17(21-12-4-3-7-22(12)18(14)24)26-15(10)16(23)20-9-11-5-6-19-13(8-11)25-2/h5-6,8H,3-4,7,9H2,1-2H3,(H,20,23). The van der Waals surface area contributed by atoms with Crippen molar-refractivity contribution in [3.8, 4) is 5.88 Å². The molecule has 1 amide bonds. The molecule has 0 aromatic carbocycles. The van der Waals surface area contributed by atoms with Gasteiger partial charge in [0.25, 0.3) is 11.5 Å². The van der Waals surface area contributed by atoms with E-state index in [2.05, 4.69) is 15.3 Å². The van der Waals surface area contributed by atoms with Crippen molar-refractivity contribution in [1.29, 1.82) is 0 Å². The van der Waals surface area contributed by atoms with E-state index in [1.54, 1.807) is 23.9 Å². The number of rotatable bonds is 4. The van der Waals surface area contributed by atoms with Crippen molar-refractivity contribution >= 4 is 27.5 Å². The minimum absolute atomic E-state index is 0.0332. The highest BCUT2D eigenvalue weighted by Crippen LogP contribution is 2.28. The van der Waals surface area contributed by atoms with E-state index in [-0.39, 0.29) is 11.5 Å². The van der Waals surface area contributed by atoms with Gasteiger partial charge in [0.2, 0.25) is 5.88 Å². The highest BCUT2D eigenvalue weighted by molar-refractivity contribution is 7.20. The normalized spacial score (nSPS) is 13.0. The molecule has 8 heteroatoms. The summed E-state index contributed by atoms with van der Waals surface area (Å²) >= 11 is 1.28. The molecule has 7 nitrogen and oxygen atoms in total. The number of methoxy groups -OCH3 is 1. The molecule has 0 saturated carbocycles. The Morgan fingerprint density at radius 2 is 2.31 bits per heavy atom. The van der Waals surface area contributed by atoms with Gasteiger partial charge in [-0.15, -0.1) is 11.3 Å². The Morgan fingerprint density at radius 1 is 1.46 bits per heavy atom. The second-order valence-electron chi connectivity index (χ2n) is 6.21. The molecule has 3 aromatic heterocycles. The zero-order chi connectivity index (χ0) is 18.3. The maximum atomic E-state index is 12.7. The van der Waals surface area contributed by atoms with Gasteiger partial charge < -0.3 is 10.1 Å². The van der Waals surface area contributed by atoms with E-state index in [1.165, 1.54) is 11.3 Å². The minimum Gasteiger partial charge on any atom is -0.481 e. The minimum atomic E-state index is -0.203. The summed E-state index contributed by atoms with van der Waals surface area (Å²) in [6, 6.07) is 3.59. The lowest BCUT2D eigenvalue weighted by atomic mass is 10.2. The van der Waals surface area contributed by atoms with Crippen LogP contribution in [0.25, 0.3) is 10.2 Å². The summed E-state index contributed by atoms with van der Waals surface area (Å²) in [6.07, 6.45) is 3.40. The largest absolute Gasteiger partial charge is 0.481 e. The Labute approximate surface area is 153 Å². The quantitative estimate of drug-likeness (QED) is 0.760. The molecule has 0 atom stereocenters. The van der Waals surface area contributed by atoms with E-state index in [1.807, 2.05) is 13.0 Å². The van der Waals surface area contributed by atoms with Crippen LogP contribution in [0.5, 0.6) is 5.88 Å². The molecule has 4 rings (SSSR count). The molecule has 26 heavy (non-hydrogen) atoms. The second-order valence-corrected chi connectivity index (χ2v) is 7.21. The number of fused-ring (bicyclic) bond motifs is 2. The first kappa shape index (κ1) is 16.7. The molecule has 134 valence electrons. The zero-order valence-corrected chi connectivity index (χ0v) is 15.4. The van der Waals surface area contributed by atoms with Gasteiger partial charge in [-0.05, 0) is 30.5 Å². The van der Waals surface area contributed by atoms with Gasteiger partial charge >= 0.3 is 0 Å². The fourth-order valence-electron chi connectivity index (χ4n) is 3.23. The van der Waals surface area contributed by atoms with Gasteiger partial charge in [0.1, 0.15) is 10.7 Å². The average molecular weight is 370 g/mol. The Balaban J connectivity index is 1.62. The number of thiophene rings is 1. The lowest BCUT2D eigenvalue weighted by Gasteiger charge is -2.06. The number of carbonyl (C=O) groups excluding carboxylic acids is 1. The predicted molar refractivity (Wildman–Crippen MR) is 98.9 cm³/mol. The van der Waals surface area contributed by atoms with E-state index in [9.17, 15) is 9.59 Å². The van der Waals surface area contributed by atoms with Crippen LogP contribution in [0.3, 0.4) is 0 Å². The molecule has 1 aliphatic rings. The van der Waals surface area contributed by atoms with Crippen LogP contribution < -0.4 is 15.6 Å². The van der Waals surface area contributed by atoms with Crippen LogP contribution in [0.2, 0.25) is 0 Å². The SMILES string of the molecule is COc1cc(CNC(=O)c2sc3nc4n(c(=O)c3c2C)CCC4)ccn1. The van der Waals surface area contributed by atoms with E-state index in [0.717, 1.165) is 24.2 Å². The summed E-state index contributed by atoms with van der Waals surface area (Å²) in [6.45, 7) is 2.88. The average Bonchev–Trinajstić information content (AvgIpc) is 3.25. The van der Waals surface area contributed by atoms with Gasteiger partial charge in [0.15, 0.2) is 0 Å². The highest BCUT2D eigenvalue weighted by atomic mass is 32.1. The number of pyridine rings is 1. The summed E-state index contributed by atoms with van der Waals surface area (Å²) in [5, 5.41) is 3.46. The summed E-state index contributed by atoms with van der Waals surface area (Å²) < 4.78 is 6.82. The van der Waals surface area contributed by atoms with E-state index in [4.69, 9.17) is 4.74 Å². The number of carbonyl (C=O) groups is 1. The van der Waals surface area contributed by atoms with E-state index in [0.29, 0.717) is 39.6 Å². The van der Waals surface area contributed by atoms with Crippen LogP contribution in [-0.2, 0) is 19.5 Å². The molecule has 0 radical (unpaired) electrons. The maximum Gasteiger partial charge on any atom is 0.262 e. The van der Waals surface area contributed by atoms with Crippen LogP contribution in [0.1, 0.15) is 33.0 Å². The summed E-state index contributed by atoms with van der Waals surface area (Å²) in [5.74, 6) is 1.12. The molecule has 4 heterocycles. The van der Waals surface area contributed by atoms with E-state index < -0.39 is 0 Å². The number of aryl methyl sites for hydroxylation is 2. The van der Waals surface area contributed by atoms with Crippen LogP contribution >= 0.6 is 11.3 Å². The molecule has 0 saturated heterocycles. The van der Waals surface area contributed by atoms with Crippen molar-refractivity contribution < 1.29 is 9.53 Å². The molecule has 0 bridgehead atoms. The third kappa shape index (κ3) is 2.76. The number of amides is 1. The first-order valence-corrected chi connectivity index (χ1v) is 9.20. The topological polar surface area (TPSA) is 86.1 Å². The molecule has 1 aliphatic heterocycles. The fraction of sp³-hybridized carbons (Fsp3) is 0.333. The monoisotopic (exact) mass is 370 g/mol. The van der Waals surface area contributed by atoms with Crippen LogP contribution in [0.15, 0.2) is 23.1 Å². The third-order valence-corrected chi connectivity index (χ3v) is 5.76. The van der Waals surface area contributed by atoms with Crippen molar-refractivity contribution in [3.05, 3.63) is 50.5 Å². The Kier molecular flexibility index (Phi) is 4.20. The van der Waals surface area contributed by atoms with Gasteiger partial charge in [-0.3, -0.25) is 14.2 Å². The van der Waals surface area contributed by atoms with Gasteiger partial charge in [-0.1, -0.05) is 0 Å². The Bertz CT molecular complexity index is 1070. The number of nitrogens with zero attached hydrogens (tertiary/aromatic N) is 3. The smallest absolute Gasteiger partial charge is 0.262 e. The number of hydrogen-bond donors (Lipinski definition) is 1. The first-order valence-electron chi connectivity index (χ1n) is 8.38. The highest BCUT2D eigenvalue weighted by Gasteiger charge is 2.23. The maximum absolute atomic E-state index is 12.7. The van der Waals surface area contributed by atoms with Crippen molar-refractivity contribution in [2.45, 2.75) is 32.9 Å². The van der Waals surface area contributed by atoms with Crippen LogP contribution in [0, 0.1) is 6.92 Å². The van der Waals surface area contributed by atoms with Crippen LogP contribution in [-0.4, -0.2) is 27.6 Å². The fourth-order valence-corrected chi connectivity index (χ4v) is 4.33.